The first-order valence-electron chi connectivity index (χ1n) is 9.10. The number of rotatable bonds is 7. The lowest BCUT2D eigenvalue weighted by atomic mass is 10.1. The standard InChI is InChI=1S/C21H25ClN2O2/c1-16(26-20-9-5-8-19(22)13-20)21(25)23-14-17-6-4-7-18(12-17)15-24-10-2-3-11-24/h4-9,12-13,16H,2-3,10-11,14-15H2,1H3,(H,23,25)/t16-/m1/s1. The third-order valence-corrected chi connectivity index (χ3v) is 4.78. The fourth-order valence-electron chi connectivity index (χ4n) is 3.17. The first kappa shape index (κ1) is 18.7. The molecule has 0 aliphatic carbocycles. The number of amides is 1. The van der Waals surface area contributed by atoms with Gasteiger partial charge >= 0.3 is 0 Å². The molecule has 2 aromatic rings. The Morgan fingerprint density at radius 2 is 1.88 bits per heavy atom. The highest BCUT2D eigenvalue weighted by atomic mass is 35.5. The van der Waals surface area contributed by atoms with Crippen LogP contribution in [0.2, 0.25) is 5.02 Å². The predicted octanol–water partition coefficient (Wildman–Crippen LogP) is 4.02. The maximum absolute atomic E-state index is 12.3. The van der Waals surface area contributed by atoms with Crippen LogP contribution >= 0.6 is 11.6 Å². The van der Waals surface area contributed by atoms with Crippen molar-refractivity contribution in [2.75, 3.05) is 13.1 Å². The van der Waals surface area contributed by atoms with Crippen molar-refractivity contribution >= 4 is 17.5 Å². The maximum atomic E-state index is 12.3. The number of hydrogen-bond donors (Lipinski definition) is 1. The van der Waals surface area contributed by atoms with Gasteiger partial charge < -0.3 is 10.1 Å². The van der Waals surface area contributed by atoms with E-state index in [1.54, 1.807) is 31.2 Å². The zero-order chi connectivity index (χ0) is 18.4. The van der Waals surface area contributed by atoms with E-state index in [0.29, 0.717) is 17.3 Å². The Bertz CT molecular complexity index is 744. The van der Waals surface area contributed by atoms with Crippen molar-refractivity contribution in [3.63, 3.8) is 0 Å². The fraction of sp³-hybridized carbons (Fsp3) is 0.381. The Labute approximate surface area is 160 Å². The summed E-state index contributed by atoms with van der Waals surface area (Å²) in [5.74, 6) is 0.447. The van der Waals surface area contributed by atoms with Gasteiger partial charge in [-0.1, -0.05) is 41.9 Å². The molecule has 1 aliphatic rings. The van der Waals surface area contributed by atoms with Crippen molar-refractivity contribution in [1.29, 1.82) is 0 Å². The van der Waals surface area contributed by atoms with Crippen LogP contribution in [0.4, 0.5) is 0 Å². The van der Waals surface area contributed by atoms with Gasteiger partial charge in [-0.05, 0) is 62.2 Å². The molecule has 138 valence electrons. The van der Waals surface area contributed by atoms with E-state index in [2.05, 4.69) is 28.4 Å². The van der Waals surface area contributed by atoms with E-state index in [1.807, 2.05) is 6.07 Å². The van der Waals surface area contributed by atoms with Gasteiger partial charge in [-0.2, -0.15) is 0 Å². The van der Waals surface area contributed by atoms with Crippen LogP contribution in [0.25, 0.3) is 0 Å². The molecule has 1 N–H and O–H groups in total. The Kier molecular flexibility index (Phi) is 6.53. The smallest absolute Gasteiger partial charge is 0.261 e. The van der Waals surface area contributed by atoms with Crippen LogP contribution in [-0.2, 0) is 17.9 Å². The van der Waals surface area contributed by atoms with Gasteiger partial charge in [0.1, 0.15) is 5.75 Å². The number of ether oxygens (including phenoxy) is 1. The largest absolute Gasteiger partial charge is 0.481 e. The van der Waals surface area contributed by atoms with Crippen LogP contribution in [0.5, 0.6) is 5.75 Å². The Morgan fingerprint density at radius 1 is 1.15 bits per heavy atom. The fourth-order valence-corrected chi connectivity index (χ4v) is 3.35. The van der Waals surface area contributed by atoms with Crippen LogP contribution in [0.3, 0.4) is 0 Å². The Balaban J connectivity index is 1.50. The van der Waals surface area contributed by atoms with E-state index in [9.17, 15) is 4.79 Å². The molecule has 26 heavy (non-hydrogen) atoms. The second-order valence-corrected chi connectivity index (χ2v) is 7.17. The van der Waals surface area contributed by atoms with E-state index >= 15 is 0 Å². The van der Waals surface area contributed by atoms with Crippen molar-refractivity contribution in [3.05, 3.63) is 64.7 Å². The van der Waals surface area contributed by atoms with Crippen LogP contribution in [0.1, 0.15) is 30.9 Å². The summed E-state index contributed by atoms with van der Waals surface area (Å²) in [5.41, 5.74) is 2.40. The average Bonchev–Trinajstić information content (AvgIpc) is 3.13. The van der Waals surface area contributed by atoms with Crippen molar-refractivity contribution in [2.45, 2.75) is 39.0 Å². The molecule has 2 aromatic carbocycles. The summed E-state index contributed by atoms with van der Waals surface area (Å²) < 4.78 is 5.65. The van der Waals surface area contributed by atoms with Gasteiger partial charge in [0, 0.05) is 18.1 Å². The summed E-state index contributed by atoms with van der Waals surface area (Å²) in [6, 6.07) is 15.5. The molecule has 1 fully saturated rings. The van der Waals surface area contributed by atoms with E-state index in [4.69, 9.17) is 16.3 Å². The Hall–Kier alpha value is -2.04. The van der Waals surface area contributed by atoms with E-state index in [-0.39, 0.29) is 5.91 Å². The average molecular weight is 373 g/mol. The zero-order valence-electron chi connectivity index (χ0n) is 15.1. The molecule has 3 rings (SSSR count). The summed E-state index contributed by atoms with van der Waals surface area (Å²) in [6.45, 7) is 5.57. The monoisotopic (exact) mass is 372 g/mol. The molecule has 1 heterocycles. The SMILES string of the molecule is C[C@@H](Oc1cccc(Cl)c1)C(=O)NCc1cccc(CN2CCCC2)c1. The highest BCUT2D eigenvalue weighted by Gasteiger charge is 2.15. The molecule has 1 saturated heterocycles. The molecule has 1 aliphatic heterocycles. The summed E-state index contributed by atoms with van der Waals surface area (Å²) in [6.07, 6.45) is 2.00. The van der Waals surface area contributed by atoms with Crippen molar-refractivity contribution in [2.24, 2.45) is 0 Å². The lowest BCUT2D eigenvalue weighted by Crippen LogP contribution is -2.35. The second kappa shape index (κ2) is 9.06. The minimum atomic E-state index is -0.582. The first-order valence-corrected chi connectivity index (χ1v) is 9.48. The van der Waals surface area contributed by atoms with E-state index in [1.165, 1.54) is 31.5 Å². The van der Waals surface area contributed by atoms with Gasteiger partial charge in [-0.15, -0.1) is 0 Å². The number of carbonyl (C=O) groups is 1. The summed E-state index contributed by atoms with van der Waals surface area (Å²) in [4.78, 5) is 14.8. The molecule has 1 amide bonds. The number of carbonyl (C=O) groups excluding carboxylic acids is 1. The quantitative estimate of drug-likeness (QED) is 0.798. The van der Waals surface area contributed by atoms with E-state index < -0.39 is 6.10 Å². The molecular formula is C21H25ClN2O2. The molecule has 5 heteroatoms. The summed E-state index contributed by atoms with van der Waals surface area (Å²) in [7, 11) is 0. The second-order valence-electron chi connectivity index (χ2n) is 6.74. The van der Waals surface area contributed by atoms with Gasteiger partial charge in [-0.25, -0.2) is 0 Å². The van der Waals surface area contributed by atoms with Crippen molar-refractivity contribution < 1.29 is 9.53 Å². The minimum Gasteiger partial charge on any atom is -0.481 e. The molecule has 0 spiro atoms. The third kappa shape index (κ3) is 5.48. The first-order chi connectivity index (χ1) is 12.6. The third-order valence-electron chi connectivity index (χ3n) is 4.54. The molecule has 0 saturated carbocycles. The molecule has 0 bridgehead atoms. The lowest BCUT2D eigenvalue weighted by molar-refractivity contribution is -0.127. The normalized spacial score (nSPS) is 15.6. The van der Waals surface area contributed by atoms with Gasteiger partial charge in [0.25, 0.3) is 5.91 Å². The molecule has 4 nitrogen and oxygen atoms in total. The number of nitrogens with one attached hydrogen (secondary N) is 1. The van der Waals surface area contributed by atoms with Crippen molar-refractivity contribution in [1.82, 2.24) is 10.2 Å². The van der Waals surface area contributed by atoms with Gasteiger partial charge in [0.15, 0.2) is 6.10 Å². The zero-order valence-corrected chi connectivity index (χ0v) is 15.8. The van der Waals surface area contributed by atoms with Crippen LogP contribution < -0.4 is 10.1 Å². The molecular weight excluding hydrogens is 348 g/mol. The van der Waals surface area contributed by atoms with Gasteiger partial charge in [-0.3, -0.25) is 9.69 Å². The highest BCUT2D eigenvalue weighted by Crippen LogP contribution is 2.18. The summed E-state index contributed by atoms with van der Waals surface area (Å²) >= 11 is 5.94. The number of likely N-dealkylation sites (tertiary alicyclic amines) is 1. The molecule has 0 radical (unpaired) electrons. The van der Waals surface area contributed by atoms with Gasteiger partial charge in [0.05, 0.1) is 0 Å². The number of hydrogen-bond acceptors (Lipinski definition) is 3. The van der Waals surface area contributed by atoms with Crippen LogP contribution in [0.15, 0.2) is 48.5 Å². The number of benzene rings is 2. The van der Waals surface area contributed by atoms with Gasteiger partial charge in [0.2, 0.25) is 0 Å². The Morgan fingerprint density at radius 3 is 2.65 bits per heavy atom. The van der Waals surface area contributed by atoms with Crippen LogP contribution in [0, 0.1) is 0 Å². The molecule has 0 unspecified atom stereocenters. The molecule has 0 aromatic heterocycles. The minimum absolute atomic E-state index is 0.144. The maximum Gasteiger partial charge on any atom is 0.261 e. The van der Waals surface area contributed by atoms with Crippen LogP contribution in [-0.4, -0.2) is 30.0 Å². The van der Waals surface area contributed by atoms with E-state index in [0.717, 1.165) is 12.1 Å². The topological polar surface area (TPSA) is 41.6 Å². The summed E-state index contributed by atoms with van der Waals surface area (Å²) in [5, 5.41) is 3.53. The van der Waals surface area contributed by atoms with Crippen molar-refractivity contribution in [3.8, 4) is 5.75 Å². The molecule has 1 atom stereocenters. The predicted molar refractivity (Wildman–Crippen MR) is 104 cm³/mol. The number of nitrogens with zero attached hydrogens (tertiary/aromatic N) is 1. The lowest BCUT2D eigenvalue weighted by Gasteiger charge is -2.16. The number of halogens is 1. The highest BCUT2D eigenvalue weighted by molar-refractivity contribution is 6.30.